The van der Waals surface area contributed by atoms with Gasteiger partial charge in [0, 0.05) is 10.7 Å². The van der Waals surface area contributed by atoms with Crippen LogP contribution in [-0.2, 0) is 16.1 Å². The van der Waals surface area contributed by atoms with Crippen LogP contribution in [0.4, 0.5) is 5.95 Å². The SMILES string of the molecule is COC(=O)C1=C(C)Nc2nnnn2C1c1ccc(OCc2ccc(Cl)cc2)c(OC)c1. The van der Waals surface area contributed by atoms with Gasteiger partial charge in [0.25, 0.3) is 0 Å². The molecule has 0 fully saturated rings. The molecule has 0 amide bonds. The Labute approximate surface area is 183 Å². The van der Waals surface area contributed by atoms with E-state index in [2.05, 4.69) is 20.8 Å². The van der Waals surface area contributed by atoms with Crippen LogP contribution < -0.4 is 14.8 Å². The molecule has 1 aliphatic rings. The number of rotatable bonds is 6. The molecule has 0 aliphatic carbocycles. The summed E-state index contributed by atoms with van der Waals surface area (Å²) in [5, 5.41) is 15.4. The highest BCUT2D eigenvalue weighted by Crippen LogP contribution is 2.38. The molecule has 9 nitrogen and oxygen atoms in total. The Balaban J connectivity index is 1.67. The number of anilines is 1. The molecule has 31 heavy (non-hydrogen) atoms. The van der Waals surface area contributed by atoms with Crippen molar-refractivity contribution in [3.63, 3.8) is 0 Å². The van der Waals surface area contributed by atoms with Gasteiger partial charge in [-0.2, -0.15) is 4.68 Å². The van der Waals surface area contributed by atoms with Crippen LogP contribution in [0.15, 0.2) is 53.7 Å². The van der Waals surface area contributed by atoms with E-state index in [0.717, 1.165) is 11.1 Å². The number of halogens is 1. The summed E-state index contributed by atoms with van der Waals surface area (Å²) in [6, 6.07) is 12.3. The van der Waals surface area contributed by atoms with Gasteiger partial charge in [-0.05, 0) is 52.7 Å². The molecule has 1 atom stereocenters. The lowest BCUT2D eigenvalue weighted by Gasteiger charge is -2.27. The predicted molar refractivity (Wildman–Crippen MR) is 113 cm³/mol. The molecule has 1 aliphatic heterocycles. The average molecular weight is 442 g/mol. The average Bonchev–Trinajstić information content (AvgIpc) is 3.25. The van der Waals surface area contributed by atoms with Crippen LogP contribution in [0.2, 0.25) is 5.02 Å². The fourth-order valence-electron chi connectivity index (χ4n) is 3.41. The lowest BCUT2D eigenvalue weighted by molar-refractivity contribution is -0.136. The maximum atomic E-state index is 12.5. The van der Waals surface area contributed by atoms with Crippen molar-refractivity contribution < 1.29 is 19.0 Å². The summed E-state index contributed by atoms with van der Waals surface area (Å²) < 4.78 is 18.0. The third-order valence-corrected chi connectivity index (χ3v) is 5.18. The Kier molecular flexibility index (Phi) is 5.77. The summed E-state index contributed by atoms with van der Waals surface area (Å²) >= 11 is 5.93. The molecule has 10 heteroatoms. The van der Waals surface area contributed by atoms with Crippen LogP contribution in [0.5, 0.6) is 11.5 Å². The molecule has 1 aromatic heterocycles. The van der Waals surface area contributed by atoms with Crippen molar-refractivity contribution in [2.24, 2.45) is 0 Å². The monoisotopic (exact) mass is 441 g/mol. The first-order valence-corrected chi connectivity index (χ1v) is 9.78. The Morgan fingerprint density at radius 2 is 1.94 bits per heavy atom. The van der Waals surface area contributed by atoms with Crippen molar-refractivity contribution in [1.82, 2.24) is 20.2 Å². The smallest absolute Gasteiger partial charge is 0.338 e. The molecular formula is C21H20ClN5O4. The standard InChI is InChI=1S/C21H20ClN5O4/c1-12-18(20(28)30-3)19(27-21(23-12)24-25-26-27)14-6-9-16(17(10-14)29-2)31-11-13-4-7-15(22)8-5-13/h4-10,19H,11H2,1-3H3,(H,23,24,26). The number of aromatic nitrogens is 4. The molecule has 1 unspecified atom stereocenters. The number of nitrogens with zero attached hydrogens (tertiary/aromatic N) is 4. The third-order valence-electron chi connectivity index (χ3n) is 4.93. The number of methoxy groups -OCH3 is 2. The van der Waals surface area contributed by atoms with Crippen molar-refractivity contribution in [1.29, 1.82) is 0 Å². The van der Waals surface area contributed by atoms with E-state index in [1.807, 2.05) is 30.3 Å². The molecule has 0 saturated carbocycles. The van der Waals surface area contributed by atoms with Crippen LogP contribution in [0.3, 0.4) is 0 Å². The highest BCUT2D eigenvalue weighted by Gasteiger charge is 2.35. The van der Waals surface area contributed by atoms with Crippen molar-refractivity contribution in [3.05, 3.63) is 69.9 Å². The number of ether oxygens (including phenoxy) is 3. The number of fused-ring (bicyclic) bond motifs is 1. The van der Waals surface area contributed by atoms with Gasteiger partial charge in [0.15, 0.2) is 11.5 Å². The zero-order valence-electron chi connectivity index (χ0n) is 17.1. The van der Waals surface area contributed by atoms with Crippen LogP contribution in [0, 0.1) is 0 Å². The maximum absolute atomic E-state index is 12.5. The van der Waals surface area contributed by atoms with E-state index < -0.39 is 12.0 Å². The molecule has 2 aromatic carbocycles. The summed E-state index contributed by atoms with van der Waals surface area (Å²) in [6.45, 7) is 2.13. The van der Waals surface area contributed by atoms with Crippen LogP contribution in [0.25, 0.3) is 0 Å². The highest BCUT2D eigenvalue weighted by molar-refractivity contribution is 6.30. The van der Waals surface area contributed by atoms with Crippen LogP contribution in [-0.4, -0.2) is 40.4 Å². The van der Waals surface area contributed by atoms with Crippen molar-refractivity contribution in [2.75, 3.05) is 19.5 Å². The second-order valence-corrected chi connectivity index (χ2v) is 7.27. The fraction of sp³-hybridized carbons (Fsp3) is 0.238. The zero-order valence-corrected chi connectivity index (χ0v) is 17.9. The first-order valence-electron chi connectivity index (χ1n) is 9.41. The minimum absolute atomic E-state index is 0.351. The number of carbonyl (C=O) groups excluding carboxylic acids is 1. The van der Waals surface area contributed by atoms with Gasteiger partial charge >= 0.3 is 5.97 Å². The lowest BCUT2D eigenvalue weighted by atomic mass is 9.95. The van der Waals surface area contributed by atoms with Gasteiger partial charge in [0.2, 0.25) is 5.95 Å². The number of hydrogen-bond donors (Lipinski definition) is 1. The summed E-state index contributed by atoms with van der Waals surface area (Å²) in [5.41, 5.74) is 2.73. The maximum Gasteiger partial charge on any atom is 0.338 e. The number of allylic oxidation sites excluding steroid dienone is 1. The Hall–Kier alpha value is -3.59. The van der Waals surface area contributed by atoms with E-state index in [9.17, 15) is 4.79 Å². The molecular weight excluding hydrogens is 422 g/mol. The van der Waals surface area contributed by atoms with E-state index in [1.165, 1.54) is 11.8 Å². The van der Waals surface area contributed by atoms with Gasteiger partial charge in [-0.15, -0.1) is 0 Å². The molecule has 0 radical (unpaired) electrons. The van der Waals surface area contributed by atoms with Crippen LogP contribution in [0.1, 0.15) is 24.1 Å². The van der Waals surface area contributed by atoms with Gasteiger partial charge in [-0.3, -0.25) is 0 Å². The minimum atomic E-state index is -0.585. The Morgan fingerprint density at radius 3 is 2.65 bits per heavy atom. The van der Waals surface area contributed by atoms with E-state index >= 15 is 0 Å². The Morgan fingerprint density at radius 1 is 1.16 bits per heavy atom. The van der Waals surface area contributed by atoms with Gasteiger partial charge < -0.3 is 19.5 Å². The molecule has 0 saturated heterocycles. The molecule has 2 heterocycles. The van der Waals surface area contributed by atoms with Crippen molar-refractivity contribution in [3.8, 4) is 11.5 Å². The fourth-order valence-corrected chi connectivity index (χ4v) is 3.54. The summed E-state index contributed by atoms with van der Waals surface area (Å²) in [7, 11) is 2.89. The van der Waals surface area contributed by atoms with E-state index in [-0.39, 0.29) is 0 Å². The van der Waals surface area contributed by atoms with Gasteiger partial charge in [0.1, 0.15) is 12.6 Å². The number of esters is 1. The quantitative estimate of drug-likeness (QED) is 0.581. The summed E-state index contributed by atoms with van der Waals surface area (Å²) in [5.74, 6) is 1.03. The normalized spacial score (nSPS) is 15.2. The second-order valence-electron chi connectivity index (χ2n) is 6.83. The van der Waals surface area contributed by atoms with Gasteiger partial charge in [0.05, 0.1) is 19.8 Å². The van der Waals surface area contributed by atoms with Gasteiger partial charge in [-0.25, -0.2) is 4.79 Å². The van der Waals surface area contributed by atoms with Crippen molar-refractivity contribution in [2.45, 2.75) is 19.6 Å². The number of benzene rings is 2. The lowest BCUT2D eigenvalue weighted by Crippen LogP contribution is -2.29. The Bertz CT molecular complexity index is 1140. The van der Waals surface area contributed by atoms with Gasteiger partial charge in [-0.1, -0.05) is 34.9 Å². The van der Waals surface area contributed by atoms with Crippen molar-refractivity contribution >= 4 is 23.5 Å². The predicted octanol–water partition coefficient (Wildman–Crippen LogP) is 3.38. The molecule has 1 N–H and O–H groups in total. The number of carbonyl (C=O) groups is 1. The van der Waals surface area contributed by atoms with E-state index in [1.54, 1.807) is 26.2 Å². The largest absolute Gasteiger partial charge is 0.493 e. The molecule has 0 bridgehead atoms. The zero-order chi connectivity index (χ0) is 22.0. The molecule has 0 spiro atoms. The third kappa shape index (κ3) is 4.04. The topological polar surface area (TPSA) is 100 Å². The molecule has 3 aromatic rings. The second kappa shape index (κ2) is 8.65. The summed E-state index contributed by atoms with van der Waals surface area (Å²) in [4.78, 5) is 12.5. The molecule has 160 valence electrons. The minimum Gasteiger partial charge on any atom is -0.493 e. The number of hydrogen-bond acceptors (Lipinski definition) is 8. The number of nitrogens with one attached hydrogen (secondary N) is 1. The van der Waals surface area contributed by atoms with Crippen LogP contribution >= 0.6 is 11.6 Å². The first-order chi connectivity index (χ1) is 15.0. The van der Waals surface area contributed by atoms with E-state index in [4.69, 9.17) is 25.8 Å². The number of tetrazole rings is 1. The van der Waals surface area contributed by atoms with E-state index in [0.29, 0.717) is 40.3 Å². The highest BCUT2D eigenvalue weighted by atomic mass is 35.5. The molecule has 4 rings (SSSR count). The first kappa shape index (κ1) is 20.7. The summed E-state index contributed by atoms with van der Waals surface area (Å²) in [6.07, 6.45) is 0.